The average Bonchev–Trinajstić information content (AvgIpc) is 3.33. The van der Waals surface area contributed by atoms with E-state index in [0.717, 1.165) is 4.90 Å². The number of allylic oxidation sites excluding steroid dienone is 2. The fourth-order valence-corrected chi connectivity index (χ4v) is 8.13. The zero-order valence-electron chi connectivity index (χ0n) is 22.8. The number of hydrogen-bond donors (Lipinski definition) is 1. The van der Waals surface area contributed by atoms with Crippen molar-refractivity contribution < 1.29 is 51.0 Å². The van der Waals surface area contributed by atoms with Crippen molar-refractivity contribution in [2.24, 2.45) is 17.8 Å². The number of ether oxygens (including phenoxy) is 1. The molecule has 2 saturated heterocycles. The number of methoxy groups -OCH3 is 1. The van der Waals surface area contributed by atoms with Crippen molar-refractivity contribution in [3.05, 3.63) is 64.5 Å². The topological polar surface area (TPSA) is 104 Å². The molecule has 44 heavy (non-hydrogen) atoms. The van der Waals surface area contributed by atoms with Crippen LogP contribution >= 0.6 is 23.2 Å². The molecule has 0 bridgehead atoms. The van der Waals surface area contributed by atoms with Gasteiger partial charge in [-0.2, -0.15) is 0 Å². The minimum Gasteiger partial charge on any atom is -0.504 e. The van der Waals surface area contributed by atoms with E-state index in [2.05, 4.69) is 0 Å². The van der Waals surface area contributed by atoms with Gasteiger partial charge in [-0.05, 0) is 43.4 Å². The fraction of sp³-hybridized carbons (Fsp3) is 0.379. The largest absolute Gasteiger partial charge is 0.504 e. The van der Waals surface area contributed by atoms with Gasteiger partial charge in [0, 0.05) is 12.5 Å². The number of amides is 4. The van der Waals surface area contributed by atoms with Crippen molar-refractivity contribution in [3.63, 3.8) is 0 Å². The van der Waals surface area contributed by atoms with E-state index < -0.39 is 98.2 Å². The van der Waals surface area contributed by atoms with Gasteiger partial charge >= 0.3 is 0 Å². The maximum absolute atomic E-state index is 15.0. The molecule has 2 aliphatic heterocycles. The Labute approximate surface area is 255 Å². The van der Waals surface area contributed by atoms with Crippen molar-refractivity contribution in [1.29, 1.82) is 0 Å². The molecule has 2 aromatic carbocycles. The van der Waals surface area contributed by atoms with E-state index in [1.165, 1.54) is 25.3 Å². The van der Waals surface area contributed by atoms with E-state index >= 15 is 8.78 Å². The summed E-state index contributed by atoms with van der Waals surface area (Å²) in [4.78, 5) is 50.4. The van der Waals surface area contributed by atoms with Gasteiger partial charge in [-0.3, -0.25) is 24.1 Å². The van der Waals surface area contributed by atoms with Crippen LogP contribution in [0.15, 0.2) is 29.8 Å². The van der Waals surface area contributed by atoms with E-state index in [1.807, 2.05) is 0 Å². The Morgan fingerprint density at radius 1 is 0.932 bits per heavy atom. The van der Waals surface area contributed by atoms with E-state index in [1.54, 1.807) is 13.0 Å². The third-order valence-corrected chi connectivity index (χ3v) is 10.6. The molecule has 3 fully saturated rings. The predicted octanol–water partition coefficient (Wildman–Crippen LogP) is 4.68. The second-order valence-corrected chi connectivity index (χ2v) is 12.3. The summed E-state index contributed by atoms with van der Waals surface area (Å²) < 4.78 is 77.7. The SMILES string of the molecule is CCN1C(=O)C2CC=C3C(CC4(Cl)C(=O)N(c5c(F)c(F)c(F)c(F)c5F)C(=O)C4(Cl)C3c3ccc(O)c(OC)c3)C2C1=O. The lowest BCUT2D eigenvalue weighted by Crippen LogP contribution is -2.60. The van der Waals surface area contributed by atoms with Crippen LogP contribution < -0.4 is 9.64 Å². The van der Waals surface area contributed by atoms with Crippen molar-refractivity contribution in [3.8, 4) is 11.5 Å². The van der Waals surface area contributed by atoms with Gasteiger partial charge in [0.05, 0.1) is 18.9 Å². The van der Waals surface area contributed by atoms with Crippen molar-refractivity contribution in [2.45, 2.75) is 35.4 Å². The lowest BCUT2D eigenvalue weighted by atomic mass is 9.56. The van der Waals surface area contributed by atoms with Crippen LogP contribution in [0.3, 0.4) is 0 Å². The Bertz CT molecular complexity index is 1710. The van der Waals surface area contributed by atoms with Gasteiger partial charge in [0.25, 0.3) is 11.8 Å². The van der Waals surface area contributed by atoms with Gasteiger partial charge < -0.3 is 9.84 Å². The third-order valence-electron chi connectivity index (χ3n) is 9.17. The number of halogens is 7. The highest BCUT2D eigenvalue weighted by Gasteiger charge is 2.77. The normalized spacial score (nSPS) is 31.2. The molecule has 0 spiro atoms. The molecule has 6 rings (SSSR count). The summed E-state index contributed by atoms with van der Waals surface area (Å²) in [6.45, 7) is 1.66. The molecule has 2 aliphatic carbocycles. The highest BCUT2D eigenvalue weighted by atomic mass is 35.5. The van der Waals surface area contributed by atoms with Crippen LogP contribution in [0.1, 0.15) is 31.2 Å². The first kappa shape index (κ1) is 30.3. The van der Waals surface area contributed by atoms with Crippen molar-refractivity contribution >= 4 is 52.5 Å². The second kappa shape index (κ2) is 9.90. The monoisotopic (exact) mass is 658 g/mol. The fourth-order valence-electron chi connectivity index (χ4n) is 7.19. The first-order valence-electron chi connectivity index (χ1n) is 13.4. The molecular weight excluding hydrogens is 638 g/mol. The number of phenols is 1. The number of anilines is 1. The Hall–Kier alpha value is -3.71. The molecule has 2 aromatic rings. The molecule has 6 unspecified atom stereocenters. The van der Waals surface area contributed by atoms with Crippen LogP contribution in [0.2, 0.25) is 0 Å². The summed E-state index contributed by atoms with van der Waals surface area (Å²) in [7, 11) is 1.23. The second-order valence-electron chi connectivity index (χ2n) is 11.0. The van der Waals surface area contributed by atoms with Crippen LogP contribution in [0.4, 0.5) is 27.6 Å². The van der Waals surface area contributed by atoms with Crippen molar-refractivity contribution in [1.82, 2.24) is 4.90 Å². The minimum absolute atomic E-state index is 0.0367. The van der Waals surface area contributed by atoms with Crippen LogP contribution in [0.25, 0.3) is 0 Å². The van der Waals surface area contributed by atoms with Crippen molar-refractivity contribution in [2.75, 3.05) is 18.6 Å². The highest BCUT2D eigenvalue weighted by Crippen LogP contribution is 2.66. The van der Waals surface area contributed by atoms with E-state index in [4.69, 9.17) is 27.9 Å². The summed E-state index contributed by atoms with van der Waals surface area (Å²) in [6.07, 6.45) is 1.03. The Morgan fingerprint density at radius 2 is 1.55 bits per heavy atom. The molecule has 0 radical (unpaired) electrons. The number of alkyl halides is 2. The number of phenolic OH excluding ortho intramolecular Hbond substituents is 1. The maximum atomic E-state index is 15.0. The molecule has 1 saturated carbocycles. The number of aromatic hydroxyl groups is 1. The number of carbonyl (C=O) groups excluding carboxylic acids is 4. The van der Waals surface area contributed by atoms with Crippen LogP contribution in [-0.4, -0.2) is 57.0 Å². The van der Waals surface area contributed by atoms with Crippen LogP contribution in [0.5, 0.6) is 11.5 Å². The van der Waals surface area contributed by atoms with Gasteiger partial charge in [0.15, 0.2) is 44.5 Å². The Balaban J connectivity index is 1.62. The Kier molecular flexibility index (Phi) is 6.82. The molecular formula is C29H21Cl2F5N2O6. The zero-order chi connectivity index (χ0) is 32.2. The molecule has 8 nitrogen and oxygen atoms in total. The van der Waals surface area contributed by atoms with Gasteiger partial charge in [-0.1, -0.05) is 17.7 Å². The predicted molar refractivity (Wildman–Crippen MR) is 143 cm³/mol. The summed E-state index contributed by atoms with van der Waals surface area (Å²) in [6, 6.07) is 3.78. The quantitative estimate of drug-likeness (QED) is 0.128. The molecule has 1 N–H and O–H groups in total. The molecule has 6 atom stereocenters. The van der Waals surface area contributed by atoms with Gasteiger partial charge in [-0.15, -0.1) is 23.2 Å². The number of rotatable bonds is 4. The highest BCUT2D eigenvalue weighted by molar-refractivity contribution is 6.58. The summed E-state index contributed by atoms with van der Waals surface area (Å²) in [5.41, 5.74) is -1.45. The third kappa shape index (κ3) is 3.56. The van der Waals surface area contributed by atoms with E-state index in [0.29, 0.717) is 5.57 Å². The number of benzene rings is 2. The maximum Gasteiger partial charge on any atom is 0.258 e. The number of carbonyl (C=O) groups is 4. The first-order valence-corrected chi connectivity index (χ1v) is 14.1. The van der Waals surface area contributed by atoms with E-state index in [9.17, 15) is 37.5 Å². The van der Waals surface area contributed by atoms with Crippen LogP contribution in [0, 0.1) is 46.8 Å². The number of imide groups is 2. The average molecular weight is 659 g/mol. The summed E-state index contributed by atoms with van der Waals surface area (Å²) in [5.74, 6) is -21.2. The lowest BCUT2D eigenvalue weighted by molar-refractivity contribution is -0.140. The molecule has 232 valence electrons. The van der Waals surface area contributed by atoms with Gasteiger partial charge in [-0.25, -0.2) is 26.9 Å². The number of nitrogens with zero attached hydrogens (tertiary/aromatic N) is 2. The molecule has 15 heteroatoms. The number of fused-ring (bicyclic) bond motifs is 4. The summed E-state index contributed by atoms with van der Waals surface area (Å²) >= 11 is 14.0. The number of hydrogen-bond acceptors (Lipinski definition) is 6. The smallest absolute Gasteiger partial charge is 0.258 e. The van der Waals surface area contributed by atoms with Crippen LogP contribution in [-0.2, 0) is 19.2 Å². The summed E-state index contributed by atoms with van der Waals surface area (Å²) in [5, 5.41) is 10.2. The molecule has 2 heterocycles. The molecule has 4 aliphatic rings. The standard InChI is InChI=1S/C29H21Cl2F5N2O6/c1-3-37-24(40)12-6-5-11-13(16(12)25(37)41)9-28(30)26(42)38(23-21(35)19(33)18(32)20(34)22(23)36)27(43)29(28,31)17(11)10-4-7-14(39)15(8-10)44-2/h4-5,7-8,12-13,16-17,39H,3,6,9H2,1-2H3. The van der Waals surface area contributed by atoms with Gasteiger partial charge in [0.1, 0.15) is 5.69 Å². The zero-order valence-corrected chi connectivity index (χ0v) is 24.3. The Morgan fingerprint density at radius 3 is 2.14 bits per heavy atom. The first-order chi connectivity index (χ1) is 20.7. The van der Waals surface area contributed by atoms with Gasteiger partial charge in [0.2, 0.25) is 17.6 Å². The molecule has 4 amide bonds. The molecule has 0 aromatic heterocycles. The lowest BCUT2D eigenvalue weighted by Gasteiger charge is -2.50. The van der Waals surface area contributed by atoms with E-state index in [-0.39, 0.29) is 34.9 Å². The minimum atomic E-state index is -2.65. The number of likely N-dealkylation sites (tertiary alicyclic amines) is 1.